The molecule has 2 aliphatic carbocycles. The Morgan fingerprint density at radius 3 is 2.60 bits per heavy atom. The number of fused-ring (bicyclic) bond motifs is 2. The molecule has 1 unspecified atom stereocenters. The Morgan fingerprint density at radius 2 is 2.00 bits per heavy atom. The van der Waals surface area contributed by atoms with Crippen LogP contribution in [0.15, 0.2) is 12.4 Å². The second-order valence-electron chi connectivity index (χ2n) is 5.79. The van der Waals surface area contributed by atoms with Gasteiger partial charge in [-0.3, -0.25) is 20.6 Å². The van der Waals surface area contributed by atoms with Gasteiger partial charge in [0.05, 0.1) is 15.7 Å². The summed E-state index contributed by atoms with van der Waals surface area (Å²) in [5.41, 5.74) is 5.97. The van der Waals surface area contributed by atoms with Crippen molar-refractivity contribution in [1.29, 1.82) is 0 Å². The highest BCUT2D eigenvalue weighted by Crippen LogP contribution is 2.49. The lowest BCUT2D eigenvalue weighted by Crippen LogP contribution is -2.32. The number of amides is 1. The van der Waals surface area contributed by atoms with Crippen LogP contribution >= 0.6 is 23.2 Å². The molecule has 0 radical (unpaired) electrons. The van der Waals surface area contributed by atoms with E-state index in [4.69, 9.17) is 23.2 Å². The van der Waals surface area contributed by atoms with Gasteiger partial charge in [0.2, 0.25) is 5.91 Å². The molecule has 20 heavy (non-hydrogen) atoms. The molecule has 1 heterocycles. The van der Waals surface area contributed by atoms with E-state index < -0.39 is 0 Å². The van der Waals surface area contributed by atoms with Crippen molar-refractivity contribution in [1.82, 2.24) is 10.4 Å². The Balaban J connectivity index is 1.52. The zero-order valence-corrected chi connectivity index (χ0v) is 12.5. The lowest BCUT2D eigenvalue weighted by atomic mass is 9.86. The minimum atomic E-state index is -0.00787. The monoisotopic (exact) mass is 313 g/mol. The SMILES string of the molecule is O=C(CC1C[C@@H]2CC[C@H]1C2)NNc1c(Cl)cncc1Cl. The maximum atomic E-state index is 12.0. The second kappa shape index (κ2) is 5.78. The normalized spacial score (nSPS) is 27.6. The number of pyridine rings is 1. The summed E-state index contributed by atoms with van der Waals surface area (Å²) in [4.78, 5) is 15.9. The molecule has 0 aromatic carbocycles. The summed E-state index contributed by atoms with van der Waals surface area (Å²) in [6, 6.07) is 0. The largest absolute Gasteiger partial charge is 0.295 e. The fourth-order valence-corrected chi connectivity index (χ4v) is 4.04. The number of hydrogen-bond donors (Lipinski definition) is 2. The summed E-state index contributed by atoms with van der Waals surface area (Å²) in [7, 11) is 0. The summed E-state index contributed by atoms with van der Waals surface area (Å²) in [5, 5.41) is 0.774. The molecule has 2 fully saturated rings. The maximum absolute atomic E-state index is 12.0. The van der Waals surface area contributed by atoms with Crippen molar-refractivity contribution in [3.63, 3.8) is 0 Å². The lowest BCUT2D eigenvalue weighted by molar-refractivity contribution is -0.121. The van der Waals surface area contributed by atoms with Crippen LogP contribution in [-0.4, -0.2) is 10.9 Å². The molecule has 108 valence electrons. The van der Waals surface area contributed by atoms with Gasteiger partial charge in [-0.1, -0.05) is 29.6 Å². The average molecular weight is 314 g/mol. The first-order valence-electron chi connectivity index (χ1n) is 6.97. The van der Waals surface area contributed by atoms with E-state index in [0.717, 1.165) is 11.8 Å². The molecule has 2 N–H and O–H groups in total. The minimum absolute atomic E-state index is 0.00787. The van der Waals surface area contributed by atoms with Crippen molar-refractivity contribution >= 4 is 34.8 Å². The average Bonchev–Trinajstić information content (AvgIpc) is 3.00. The van der Waals surface area contributed by atoms with Gasteiger partial charge in [-0.05, 0) is 37.0 Å². The molecule has 1 amide bonds. The minimum Gasteiger partial charge on any atom is -0.295 e. The van der Waals surface area contributed by atoms with Crippen molar-refractivity contribution in [2.75, 3.05) is 5.43 Å². The summed E-state index contributed by atoms with van der Waals surface area (Å²) in [6.07, 6.45) is 8.70. The first-order valence-corrected chi connectivity index (χ1v) is 7.73. The highest BCUT2D eigenvalue weighted by Gasteiger charge is 2.40. The molecule has 1 aromatic heterocycles. The number of hydrazine groups is 1. The van der Waals surface area contributed by atoms with Crippen molar-refractivity contribution in [2.45, 2.75) is 32.1 Å². The quantitative estimate of drug-likeness (QED) is 0.834. The molecule has 4 nitrogen and oxygen atoms in total. The first-order chi connectivity index (χ1) is 9.63. The second-order valence-corrected chi connectivity index (χ2v) is 6.60. The smallest absolute Gasteiger partial charge is 0.238 e. The Labute approximate surface area is 128 Å². The van der Waals surface area contributed by atoms with E-state index in [1.807, 2.05) is 0 Å². The highest BCUT2D eigenvalue weighted by atomic mass is 35.5. The molecule has 2 bridgehead atoms. The van der Waals surface area contributed by atoms with E-state index in [0.29, 0.717) is 28.1 Å². The maximum Gasteiger partial charge on any atom is 0.238 e. The van der Waals surface area contributed by atoms with Gasteiger partial charge < -0.3 is 0 Å². The van der Waals surface area contributed by atoms with E-state index in [9.17, 15) is 4.79 Å². The number of carbonyl (C=O) groups excluding carboxylic acids is 1. The molecule has 0 aliphatic heterocycles. The Kier molecular flexibility index (Phi) is 4.03. The third-order valence-electron chi connectivity index (χ3n) is 4.51. The highest BCUT2D eigenvalue weighted by molar-refractivity contribution is 6.38. The van der Waals surface area contributed by atoms with Gasteiger partial charge in [0.25, 0.3) is 0 Å². The molecule has 6 heteroatoms. The summed E-state index contributed by atoms with van der Waals surface area (Å²) in [5.74, 6) is 2.14. The van der Waals surface area contributed by atoms with E-state index in [1.165, 1.54) is 38.1 Å². The third kappa shape index (κ3) is 2.86. The number of hydrogen-bond acceptors (Lipinski definition) is 3. The van der Waals surface area contributed by atoms with Crippen LogP contribution in [0.3, 0.4) is 0 Å². The molecular formula is C14H17Cl2N3O. The Bertz CT molecular complexity index is 503. The first kappa shape index (κ1) is 14.0. The molecule has 1 aromatic rings. The number of nitrogens with zero attached hydrogens (tertiary/aromatic N) is 1. The predicted octanol–water partition coefficient (Wildman–Crippen LogP) is 3.66. The summed E-state index contributed by atoms with van der Waals surface area (Å²) in [6.45, 7) is 0. The van der Waals surface area contributed by atoms with E-state index in [2.05, 4.69) is 15.8 Å². The van der Waals surface area contributed by atoms with Crippen molar-refractivity contribution in [3.8, 4) is 0 Å². The van der Waals surface area contributed by atoms with Gasteiger partial charge >= 0.3 is 0 Å². The fourth-order valence-electron chi connectivity index (χ4n) is 3.58. The summed E-state index contributed by atoms with van der Waals surface area (Å²) >= 11 is 11.9. The number of nitrogens with one attached hydrogen (secondary N) is 2. The van der Waals surface area contributed by atoms with Gasteiger partial charge in [0.1, 0.15) is 0 Å². The van der Waals surface area contributed by atoms with Gasteiger partial charge in [-0.2, -0.15) is 0 Å². The zero-order valence-electron chi connectivity index (χ0n) is 11.0. The van der Waals surface area contributed by atoms with Crippen LogP contribution < -0.4 is 10.9 Å². The standard InChI is InChI=1S/C14H17Cl2N3O/c15-11-6-17-7-12(16)14(11)19-18-13(20)5-10-4-8-1-2-9(10)3-8/h6-10H,1-5H2,(H,17,19)(H,18,20)/t8-,9+,10?/m1/s1. The molecule has 3 atom stereocenters. The molecule has 3 rings (SSSR count). The molecule has 0 spiro atoms. The topological polar surface area (TPSA) is 54.0 Å². The predicted molar refractivity (Wildman–Crippen MR) is 79.6 cm³/mol. The molecule has 2 aliphatic rings. The Morgan fingerprint density at radius 1 is 1.25 bits per heavy atom. The fraction of sp³-hybridized carbons (Fsp3) is 0.571. The van der Waals surface area contributed by atoms with E-state index >= 15 is 0 Å². The van der Waals surface area contributed by atoms with Crippen LogP contribution in [0.5, 0.6) is 0 Å². The van der Waals surface area contributed by atoms with Crippen LogP contribution in [0.1, 0.15) is 32.1 Å². The van der Waals surface area contributed by atoms with Crippen LogP contribution in [0.2, 0.25) is 10.0 Å². The van der Waals surface area contributed by atoms with Crippen molar-refractivity contribution < 1.29 is 4.79 Å². The van der Waals surface area contributed by atoms with Crippen LogP contribution in [-0.2, 0) is 4.79 Å². The van der Waals surface area contributed by atoms with Gasteiger partial charge in [0, 0.05) is 18.8 Å². The number of halogens is 2. The number of rotatable bonds is 4. The van der Waals surface area contributed by atoms with E-state index in [1.54, 1.807) is 0 Å². The van der Waals surface area contributed by atoms with E-state index in [-0.39, 0.29) is 5.91 Å². The van der Waals surface area contributed by atoms with Crippen LogP contribution in [0.4, 0.5) is 5.69 Å². The van der Waals surface area contributed by atoms with Crippen LogP contribution in [0, 0.1) is 17.8 Å². The number of anilines is 1. The third-order valence-corrected chi connectivity index (χ3v) is 5.09. The van der Waals surface area contributed by atoms with Crippen LogP contribution in [0.25, 0.3) is 0 Å². The van der Waals surface area contributed by atoms with Gasteiger partial charge in [0.15, 0.2) is 0 Å². The van der Waals surface area contributed by atoms with Gasteiger partial charge in [-0.25, -0.2) is 0 Å². The number of carbonyl (C=O) groups is 1. The lowest BCUT2D eigenvalue weighted by Gasteiger charge is -2.21. The molecular weight excluding hydrogens is 297 g/mol. The molecule has 2 saturated carbocycles. The van der Waals surface area contributed by atoms with Gasteiger partial charge in [-0.15, -0.1) is 0 Å². The number of aromatic nitrogens is 1. The van der Waals surface area contributed by atoms with Crippen molar-refractivity contribution in [2.24, 2.45) is 17.8 Å². The van der Waals surface area contributed by atoms with Crippen molar-refractivity contribution in [3.05, 3.63) is 22.4 Å². The molecule has 0 saturated heterocycles. The Hall–Kier alpha value is -1.00. The summed E-state index contributed by atoms with van der Waals surface area (Å²) < 4.78 is 0. The zero-order chi connectivity index (χ0) is 14.1.